The first-order valence-corrected chi connectivity index (χ1v) is 12.0. The molecule has 9 nitrogen and oxygen atoms in total. The van der Waals surface area contributed by atoms with E-state index >= 15 is 0 Å². The van der Waals surface area contributed by atoms with Gasteiger partial charge in [0.2, 0.25) is 5.91 Å². The molecule has 0 atom stereocenters. The summed E-state index contributed by atoms with van der Waals surface area (Å²) in [7, 11) is 1.58. The maximum Gasteiger partial charge on any atom is 0.277 e. The number of methoxy groups -OCH3 is 1. The van der Waals surface area contributed by atoms with Crippen molar-refractivity contribution in [2.75, 3.05) is 23.5 Å². The number of fused-ring (bicyclic) bond motifs is 1. The highest BCUT2D eigenvalue weighted by Gasteiger charge is 2.17. The Morgan fingerprint density at radius 3 is 2.58 bits per heavy atom. The lowest BCUT2D eigenvalue weighted by molar-refractivity contribution is -0.113. The van der Waals surface area contributed by atoms with E-state index in [1.807, 2.05) is 30.5 Å². The van der Waals surface area contributed by atoms with Gasteiger partial charge in [-0.05, 0) is 42.5 Å². The molecule has 0 bridgehead atoms. The third-order valence-corrected chi connectivity index (χ3v) is 6.16. The first-order valence-electron chi connectivity index (χ1n) is 11.0. The van der Waals surface area contributed by atoms with E-state index < -0.39 is 0 Å². The maximum absolute atomic E-state index is 12.8. The summed E-state index contributed by atoms with van der Waals surface area (Å²) in [6.45, 7) is 0. The number of thioether (sulfide) groups is 1. The zero-order valence-corrected chi connectivity index (χ0v) is 20.0. The molecule has 10 heteroatoms. The zero-order chi connectivity index (χ0) is 24.9. The summed E-state index contributed by atoms with van der Waals surface area (Å²) in [6.07, 6.45) is 1.81. The van der Waals surface area contributed by atoms with E-state index in [0.717, 1.165) is 28.2 Å². The van der Waals surface area contributed by atoms with Crippen molar-refractivity contribution < 1.29 is 18.7 Å². The highest BCUT2D eigenvalue weighted by atomic mass is 32.2. The third kappa shape index (κ3) is 5.08. The van der Waals surface area contributed by atoms with Crippen molar-refractivity contribution in [1.29, 1.82) is 0 Å². The van der Waals surface area contributed by atoms with Gasteiger partial charge < -0.3 is 24.8 Å². The van der Waals surface area contributed by atoms with Crippen molar-refractivity contribution in [3.05, 3.63) is 84.6 Å². The average Bonchev–Trinajstić information content (AvgIpc) is 3.55. The summed E-state index contributed by atoms with van der Waals surface area (Å²) in [5, 5.41) is 15.0. The lowest BCUT2D eigenvalue weighted by Crippen LogP contribution is -2.19. The van der Waals surface area contributed by atoms with Crippen molar-refractivity contribution in [3.63, 3.8) is 0 Å². The minimum Gasteiger partial charge on any atom is -0.497 e. The van der Waals surface area contributed by atoms with E-state index in [2.05, 4.69) is 25.8 Å². The summed E-state index contributed by atoms with van der Waals surface area (Å²) >= 11 is 1.12. The lowest BCUT2D eigenvalue weighted by atomic mass is 10.1. The van der Waals surface area contributed by atoms with Gasteiger partial charge in [-0.1, -0.05) is 42.1 Å². The van der Waals surface area contributed by atoms with Gasteiger partial charge in [-0.25, -0.2) is 0 Å². The van der Waals surface area contributed by atoms with Crippen molar-refractivity contribution in [3.8, 4) is 17.2 Å². The van der Waals surface area contributed by atoms with Gasteiger partial charge in [-0.3, -0.25) is 9.59 Å². The van der Waals surface area contributed by atoms with Crippen LogP contribution in [0, 0.1) is 0 Å². The van der Waals surface area contributed by atoms with Crippen LogP contribution < -0.4 is 15.4 Å². The fourth-order valence-corrected chi connectivity index (χ4v) is 4.17. The van der Waals surface area contributed by atoms with Crippen LogP contribution in [-0.2, 0) is 4.79 Å². The number of aromatic amines is 1. The topological polar surface area (TPSA) is 122 Å². The van der Waals surface area contributed by atoms with E-state index in [1.54, 1.807) is 55.6 Å². The van der Waals surface area contributed by atoms with Crippen LogP contribution in [0.2, 0.25) is 0 Å². The van der Waals surface area contributed by atoms with E-state index in [0.29, 0.717) is 28.6 Å². The molecule has 2 amide bonds. The van der Waals surface area contributed by atoms with Crippen LogP contribution in [0.3, 0.4) is 0 Å². The molecule has 0 fully saturated rings. The molecule has 2 heterocycles. The number of carbonyl (C=O) groups excluding carboxylic acids is 2. The minimum atomic E-state index is -0.344. The molecule has 0 saturated heterocycles. The number of anilines is 2. The second-order valence-electron chi connectivity index (χ2n) is 7.69. The van der Waals surface area contributed by atoms with Gasteiger partial charge in [0.15, 0.2) is 0 Å². The van der Waals surface area contributed by atoms with E-state index in [9.17, 15) is 9.59 Å². The number of ether oxygens (including phenoxy) is 1. The highest BCUT2D eigenvalue weighted by molar-refractivity contribution is 7.99. The molecule has 0 aliphatic heterocycles. The van der Waals surface area contributed by atoms with Crippen LogP contribution in [0.4, 0.5) is 11.4 Å². The third-order valence-electron chi connectivity index (χ3n) is 5.35. The van der Waals surface area contributed by atoms with Gasteiger partial charge in [0, 0.05) is 22.8 Å². The Bertz CT molecular complexity index is 1530. The standard InChI is InChI=1S/C26H21N5O4S/c1-34-17-12-10-16(11-13-17)28-24(33)19-7-3-5-9-22(19)29-23(32)15-36-26-31-30-25(35-26)20-14-27-21-8-4-2-6-18(20)21/h2-14,27H,15H2,1H3,(H,28,33)(H,29,32). The molecular weight excluding hydrogens is 478 g/mol. The molecule has 0 spiro atoms. The smallest absolute Gasteiger partial charge is 0.277 e. The molecule has 0 saturated carbocycles. The van der Waals surface area contributed by atoms with Crippen molar-refractivity contribution in [1.82, 2.24) is 15.2 Å². The van der Waals surface area contributed by atoms with Gasteiger partial charge in [0.05, 0.1) is 29.7 Å². The normalized spacial score (nSPS) is 10.8. The number of hydrogen-bond donors (Lipinski definition) is 3. The molecule has 5 rings (SSSR count). The summed E-state index contributed by atoms with van der Waals surface area (Å²) < 4.78 is 10.9. The Kier molecular flexibility index (Phi) is 6.67. The quantitative estimate of drug-likeness (QED) is 0.251. The Morgan fingerprint density at radius 1 is 0.972 bits per heavy atom. The predicted octanol–water partition coefficient (Wildman–Crippen LogP) is 5.21. The summed E-state index contributed by atoms with van der Waals surface area (Å²) in [6, 6.07) is 21.6. The first-order chi connectivity index (χ1) is 17.6. The molecule has 5 aromatic rings. The Hall–Kier alpha value is -4.57. The molecule has 3 aromatic carbocycles. The summed E-state index contributed by atoms with van der Waals surface area (Å²) in [5.74, 6) is 0.439. The van der Waals surface area contributed by atoms with Gasteiger partial charge in [-0.15, -0.1) is 10.2 Å². The molecule has 0 radical (unpaired) electrons. The fraction of sp³-hybridized carbons (Fsp3) is 0.0769. The number of benzene rings is 3. The Labute approximate surface area is 210 Å². The van der Waals surface area contributed by atoms with Crippen LogP contribution in [0.15, 0.2) is 88.6 Å². The number of H-pyrrole nitrogens is 1. The SMILES string of the molecule is COc1ccc(NC(=O)c2ccccc2NC(=O)CSc2nnc(-c3c[nH]c4ccccc34)o2)cc1. The summed E-state index contributed by atoms with van der Waals surface area (Å²) in [5.41, 5.74) is 3.12. The van der Waals surface area contributed by atoms with Gasteiger partial charge >= 0.3 is 0 Å². The van der Waals surface area contributed by atoms with Crippen molar-refractivity contribution in [2.45, 2.75) is 5.22 Å². The first kappa shape index (κ1) is 23.2. The molecule has 180 valence electrons. The monoisotopic (exact) mass is 499 g/mol. The second-order valence-corrected chi connectivity index (χ2v) is 8.61. The molecular formula is C26H21N5O4S. The van der Waals surface area contributed by atoms with E-state index in [4.69, 9.17) is 9.15 Å². The van der Waals surface area contributed by atoms with Crippen LogP contribution in [-0.4, -0.2) is 39.9 Å². The molecule has 3 N–H and O–H groups in total. The second kappa shape index (κ2) is 10.4. The highest BCUT2D eigenvalue weighted by Crippen LogP contribution is 2.29. The predicted molar refractivity (Wildman–Crippen MR) is 138 cm³/mol. The van der Waals surface area contributed by atoms with Crippen molar-refractivity contribution in [2.24, 2.45) is 0 Å². The number of carbonyl (C=O) groups is 2. The molecule has 2 aromatic heterocycles. The molecule has 36 heavy (non-hydrogen) atoms. The van der Waals surface area contributed by atoms with Crippen LogP contribution in [0.5, 0.6) is 5.75 Å². The zero-order valence-electron chi connectivity index (χ0n) is 19.1. The van der Waals surface area contributed by atoms with Gasteiger partial charge in [0.25, 0.3) is 17.0 Å². The molecule has 0 unspecified atom stereocenters. The van der Waals surface area contributed by atoms with Gasteiger partial charge in [0.1, 0.15) is 5.75 Å². The van der Waals surface area contributed by atoms with E-state index in [-0.39, 0.29) is 22.8 Å². The number of nitrogens with one attached hydrogen (secondary N) is 3. The lowest BCUT2D eigenvalue weighted by Gasteiger charge is -2.11. The number of amides is 2. The average molecular weight is 500 g/mol. The number of hydrogen-bond acceptors (Lipinski definition) is 7. The molecule has 0 aliphatic carbocycles. The van der Waals surface area contributed by atoms with Crippen LogP contribution >= 0.6 is 11.8 Å². The number of rotatable bonds is 8. The fourth-order valence-electron chi connectivity index (χ4n) is 3.60. The number of nitrogens with zero attached hydrogens (tertiary/aromatic N) is 2. The van der Waals surface area contributed by atoms with E-state index in [1.165, 1.54) is 0 Å². The number of para-hydroxylation sites is 2. The maximum atomic E-state index is 12.8. The summed E-state index contributed by atoms with van der Waals surface area (Å²) in [4.78, 5) is 28.6. The molecule has 0 aliphatic rings. The largest absolute Gasteiger partial charge is 0.497 e. The Balaban J connectivity index is 1.21. The van der Waals surface area contributed by atoms with Gasteiger partial charge in [-0.2, -0.15) is 0 Å². The van der Waals surface area contributed by atoms with Crippen LogP contribution in [0.25, 0.3) is 22.4 Å². The van der Waals surface area contributed by atoms with Crippen LogP contribution in [0.1, 0.15) is 10.4 Å². The minimum absolute atomic E-state index is 0.0317. The number of aromatic nitrogens is 3. The van der Waals surface area contributed by atoms with Crippen molar-refractivity contribution >= 4 is 45.9 Å². The Morgan fingerprint density at radius 2 is 1.75 bits per heavy atom.